The fourth-order valence-corrected chi connectivity index (χ4v) is 2.99. The number of fused-ring (bicyclic) bond motifs is 1. The van der Waals surface area contributed by atoms with Crippen molar-refractivity contribution in [2.75, 3.05) is 19.8 Å². The van der Waals surface area contributed by atoms with Crippen LogP contribution in [0.25, 0.3) is 10.8 Å². The summed E-state index contributed by atoms with van der Waals surface area (Å²) in [5.41, 5.74) is -0.253. The SMILES string of the molecule is CC(C)n1nc(C(=O)OCC(=O)NC[C@@H]2CCCO2)c2ccccc2c1=O. The van der Waals surface area contributed by atoms with E-state index in [0.717, 1.165) is 12.8 Å². The Labute approximate surface area is 156 Å². The van der Waals surface area contributed by atoms with Crippen LogP contribution in [0.3, 0.4) is 0 Å². The summed E-state index contributed by atoms with van der Waals surface area (Å²) in [6.45, 7) is 4.30. The Balaban J connectivity index is 1.72. The molecule has 1 fully saturated rings. The van der Waals surface area contributed by atoms with E-state index >= 15 is 0 Å². The van der Waals surface area contributed by atoms with Crippen LogP contribution in [0, 0.1) is 0 Å². The fraction of sp³-hybridized carbons (Fsp3) is 0.474. The first-order valence-corrected chi connectivity index (χ1v) is 9.04. The maximum absolute atomic E-state index is 12.5. The summed E-state index contributed by atoms with van der Waals surface area (Å²) in [5, 5.41) is 7.65. The number of carbonyl (C=O) groups is 2. The lowest BCUT2D eigenvalue weighted by molar-refractivity contribution is -0.124. The molecule has 1 amide bonds. The third kappa shape index (κ3) is 4.33. The fourth-order valence-electron chi connectivity index (χ4n) is 2.99. The molecule has 1 N–H and O–H groups in total. The van der Waals surface area contributed by atoms with E-state index in [0.29, 0.717) is 23.9 Å². The zero-order valence-corrected chi connectivity index (χ0v) is 15.4. The molecular formula is C19H23N3O5. The van der Waals surface area contributed by atoms with E-state index in [-0.39, 0.29) is 23.4 Å². The molecule has 2 heterocycles. The number of hydrogen-bond donors (Lipinski definition) is 1. The summed E-state index contributed by atoms with van der Waals surface area (Å²) < 4.78 is 11.8. The van der Waals surface area contributed by atoms with E-state index < -0.39 is 18.5 Å². The lowest BCUT2D eigenvalue weighted by Gasteiger charge is -2.13. The highest BCUT2D eigenvalue weighted by Crippen LogP contribution is 2.15. The Morgan fingerprint density at radius 1 is 1.33 bits per heavy atom. The van der Waals surface area contributed by atoms with Gasteiger partial charge >= 0.3 is 5.97 Å². The second-order valence-electron chi connectivity index (χ2n) is 6.75. The molecule has 8 nitrogen and oxygen atoms in total. The first kappa shape index (κ1) is 19.0. The van der Waals surface area contributed by atoms with E-state index in [4.69, 9.17) is 9.47 Å². The van der Waals surface area contributed by atoms with Gasteiger partial charge < -0.3 is 14.8 Å². The molecule has 0 bridgehead atoms. The van der Waals surface area contributed by atoms with Crippen LogP contribution in [0.4, 0.5) is 0 Å². The monoisotopic (exact) mass is 373 g/mol. The molecule has 2 aromatic rings. The summed E-state index contributed by atoms with van der Waals surface area (Å²) in [7, 11) is 0. The molecule has 1 aromatic heterocycles. The lowest BCUT2D eigenvalue weighted by Crippen LogP contribution is -2.35. The van der Waals surface area contributed by atoms with Crippen LogP contribution < -0.4 is 10.9 Å². The van der Waals surface area contributed by atoms with Crippen molar-refractivity contribution in [1.29, 1.82) is 0 Å². The van der Waals surface area contributed by atoms with Gasteiger partial charge in [0.25, 0.3) is 11.5 Å². The first-order chi connectivity index (χ1) is 13.0. The van der Waals surface area contributed by atoms with Crippen molar-refractivity contribution in [3.8, 4) is 0 Å². The average molecular weight is 373 g/mol. The number of amides is 1. The van der Waals surface area contributed by atoms with Crippen LogP contribution in [0.1, 0.15) is 43.2 Å². The number of nitrogens with one attached hydrogen (secondary N) is 1. The second kappa shape index (κ2) is 8.30. The van der Waals surface area contributed by atoms with Crippen molar-refractivity contribution >= 4 is 22.6 Å². The molecular weight excluding hydrogens is 350 g/mol. The van der Waals surface area contributed by atoms with Gasteiger partial charge in [-0.2, -0.15) is 5.10 Å². The summed E-state index contributed by atoms with van der Waals surface area (Å²) >= 11 is 0. The Morgan fingerprint density at radius 3 is 2.74 bits per heavy atom. The number of benzene rings is 1. The summed E-state index contributed by atoms with van der Waals surface area (Å²) in [4.78, 5) is 36.9. The van der Waals surface area contributed by atoms with E-state index in [2.05, 4.69) is 10.4 Å². The molecule has 0 unspecified atom stereocenters. The first-order valence-electron chi connectivity index (χ1n) is 9.04. The standard InChI is InChI=1S/C19H23N3O5/c1-12(2)22-18(24)15-8-4-3-7-14(15)17(21-22)19(25)27-11-16(23)20-10-13-6-5-9-26-13/h3-4,7-8,12-13H,5-6,9-11H2,1-2H3,(H,20,23)/t13-/m0/s1. The van der Waals surface area contributed by atoms with Gasteiger partial charge in [-0.15, -0.1) is 0 Å². The summed E-state index contributed by atoms with van der Waals surface area (Å²) in [5.74, 6) is -1.15. The molecule has 3 rings (SSSR count). The summed E-state index contributed by atoms with van der Waals surface area (Å²) in [6.07, 6.45) is 1.91. The van der Waals surface area contributed by atoms with Gasteiger partial charge in [0, 0.05) is 18.5 Å². The topological polar surface area (TPSA) is 99.5 Å². The maximum atomic E-state index is 12.5. The minimum absolute atomic E-state index is 0.0184. The molecule has 1 aromatic carbocycles. The van der Waals surface area contributed by atoms with Gasteiger partial charge in [0.1, 0.15) is 0 Å². The highest BCUT2D eigenvalue weighted by Gasteiger charge is 2.21. The Hall–Kier alpha value is -2.74. The molecule has 0 spiro atoms. The van der Waals surface area contributed by atoms with Crippen molar-refractivity contribution in [2.24, 2.45) is 0 Å². The third-order valence-corrected chi connectivity index (χ3v) is 4.40. The third-order valence-electron chi connectivity index (χ3n) is 4.40. The molecule has 27 heavy (non-hydrogen) atoms. The number of rotatable bonds is 6. The predicted molar refractivity (Wildman–Crippen MR) is 98.7 cm³/mol. The molecule has 1 saturated heterocycles. The quantitative estimate of drug-likeness (QED) is 0.769. The predicted octanol–water partition coefficient (Wildman–Crippen LogP) is 1.43. The van der Waals surface area contributed by atoms with Gasteiger partial charge in [-0.1, -0.05) is 18.2 Å². The largest absolute Gasteiger partial charge is 0.451 e. The van der Waals surface area contributed by atoms with E-state index in [1.165, 1.54) is 4.68 Å². The van der Waals surface area contributed by atoms with Crippen LogP contribution >= 0.6 is 0 Å². The number of nitrogens with zero attached hydrogens (tertiary/aromatic N) is 2. The zero-order chi connectivity index (χ0) is 19.4. The van der Waals surface area contributed by atoms with Crippen LogP contribution in [0.2, 0.25) is 0 Å². The number of hydrogen-bond acceptors (Lipinski definition) is 6. The van der Waals surface area contributed by atoms with Crippen LogP contribution in [0.5, 0.6) is 0 Å². The van der Waals surface area contributed by atoms with Gasteiger partial charge in [-0.05, 0) is 32.8 Å². The zero-order valence-electron chi connectivity index (χ0n) is 15.4. The second-order valence-corrected chi connectivity index (χ2v) is 6.75. The minimum Gasteiger partial charge on any atom is -0.451 e. The van der Waals surface area contributed by atoms with E-state index in [1.807, 2.05) is 0 Å². The minimum atomic E-state index is -0.743. The Bertz CT molecular complexity index is 900. The Morgan fingerprint density at radius 2 is 2.07 bits per heavy atom. The van der Waals surface area contributed by atoms with Gasteiger partial charge in [0.15, 0.2) is 12.3 Å². The van der Waals surface area contributed by atoms with Gasteiger partial charge in [0.2, 0.25) is 0 Å². The van der Waals surface area contributed by atoms with Gasteiger partial charge in [0.05, 0.1) is 17.5 Å². The molecule has 144 valence electrons. The van der Waals surface area contributed by atoms with E-state index in [9.17, 15) is 14.4 Å². The Kier molecular flexibility index (Phi) is 5.85. The molecule has 1 aliphatic rings. The lowest BCUT2D eigenvalue weighted by atomic mass is 10.1. The highest BCUT2D eigenvalue weighted by atomic mass is 16.5. The normalized spacial score (nSPS) is 16.6. The maximum Gasteiger partial charge on any atom is 0.359 e. The van der Waals surface area contributed by atoms with Crippen LogP contribution in [-0.4, -0.2) is 47.5 Å². The van der Waals surface area contributed by atoms with Crippen molar-refractivity contribution in [2.45, 2.75) is 38.8 Å². The number of ether oxygens (including phenoxy) is 2. The summed E-state index contributed by atoms with van der Waals surface area (Å²) in [6, 6.07) is 6.51. The molecule has 1 atom stereocenters. The van der Waals surface area contributed by atoms with Crippen LogP contribution in [0.15, 0.2) is 29.1 Å². The van der Waals surface area contributed by atoms with E-state index in [1.54, 1.807) is 38.1 Å². The molecule has 0 aliphatic carbocycles. The van der Waals surface area contributed by atoms with Crippen LogP contribution in [-0.2, 0) is 14.3 Å². The smallest absolute Gasteiger partial charge is 0.359 e. The highest BCUT2D eigenvalue weighted by molar-refractivity contribution is 6.02. The van der Waals surface area contributed by atoms with Gasteiger partial charge in [-0.3, -0.25) is 9.59 Å². The molecule has 0 radical (unpaired) electrons. The van der Waals surface area contributed by atoms with Crippen molar-refractivity contribution in [3.05, 3.63) is 40.3 Å². The number of esters is 1. The van der Waals surface area contributed by atoms with Crippen molar-refractivity contribution < 1.29 is 19.1 Å². The average Bonchev–Trinajstić information content (AvgIpc) is 3.18. The van der Waals surface area contributed by atoms with Crippen molar-refractivity contribution in [3.63, 3.8) is 0 Å². The van der Waals surface area contributed by atoms with Crippen molar-refractivity contribution in [1.82, 2.24) is 15.1 Å². The molecule has 1 aliphatic heterocycles. The van der Waals surface area contributed by atoms with Gasteiger partial charge in [-0.25, -0.2) is 9.48 Å². The molecule has 0 saturated carbocycles. The number of aromatic nitrogens is 2. The molecule has 8 heteroatoms. The number of carbonyl (C=O) groups excluding carboxylic acids is 2.